The van der Waals surface area contributed by atoms with Gasteiger partial charge in [-0.25, -0.2) is 0 Å². The van der Waals surface area contributed by atoms with Gasteiger partial charge >= 0.3 is 12.3 Å². The molecular formula is C20H20F3NO4. The molecule has 0 bridgehead atoms. The molecule has 5 nitrogen and oxygen atoms in total. The van der Waals surface area contributed by atoms with Crippen molar-refractivity contribution >= 4 is 17.6 Å². The molecule has 0 unspecified atom stereocenters. The zero-order chi connectivity index (χ0) is 20.9. The average molecular weight is 395 g/mol. The molecule has 0 heterocycles. The van der Waals surface area contributed by atoms with Gasteiger partial charge in [0.25, 0.3) is 5.91 Å². The van der Waals surface area contributed by atoms with Crippen molar-refractivity contribution in [2.45, 2.75) is 38.7 Å². The van der Waals surface area contributed by atoms with Gasteiger partial charge in [0.15, 0.2) is 6.10 Å². The number of benzene rings is 2. The third kappa shape index (κ3) is 5.73. The number of halogens is 3. The summed E-state index contributed by atoms with van der Waals surface area (Å²) in [5, 5.41) is 2.48. The summed E-state index contributed by atoms with van der Waals surface area (Å²) in [5.74, 6) is -1.59. The number of alkyl halides is 3. The van der Waals surface area contributed by atoms with Crippen LogP contribution in [0.4, 0.5) is 18.9 Å². The van der Waals surface area contributed by atoms with Crippen LogP contribution >= 0.6 is 0 Å². The summed E-state index contributed by atoms with van der Waals surface area (Å²) in [5.41, 5.74) is 0.0319. The van der Waals surface area contributed by atoms with Crippen LogP contribution in [0.2, 0.25) is 0 Å². The first-order valence-corrected chi connectivity index (χ1v) is 8.42. The van der Waals surface area contributed by atoms with Crippen LogP contribution in [0.1, 0.15) is 26.3 Å². The number of esters is 1. The first kappa shape index (κ1) is 21.3. The van der Waals surface area contributed by atoms with Crippen LogP contribution in [0.25, 0.3) is 0 Å². The van der Waals surface area contributed by atoms with Gasteiger partial charge < -0.3 is 14.8 Å². The number of nitrogens with one attached hydrogen (secondary N) is 1. The SMILES string of the molecule is C[C@@H](OC(=O)C(C)(C)c1ccccc1)C(=O)Nc1ccc(OC(F)(F)F)cc1. The van der Waals surface area contributed by atoms with Crippen molar-refractivity contribution in [3.63, 3.8) is 0 Å². The van der Waals surface area contributed by atoms with E-state index >= 15 is 0 Å². The van der Waals surface area contributed by atoms with Crippen molar-refractivity contribution in [2.24, 2.45) is 0 Å². The van der Waals surface area contributed by atoms with Gasteiger partial charge in [0.1, 0.15) is 5.75 Å². The molecule has 1 N–H and O–H groups in total. The van der Waals surface area contributed by atoms with E-state index in [1.54, 1.807) is 38.1 Å². The molecule has 2 aromatic rings. The lowest BCUT2D eigenvalue weighted by Gasteiger charge is -2.25. The lowest BCUT2D eigenvalue weighted by atomic mass is 9.85. The number of carbonyl (C=O) groups is 2. The molecule has 0 saturated heterocycles. The number of hydrogen-bond acceptors (Lipinski definition) is 4. The maximum atomic E-state index is 12.5. The van der Waals surface area contributed by atoms with Crippen molar-refractivity contribution in [2.75, 3.05) is 5.32 Å². The predicted molar refractivity (Wildman–Crippen MR) is 96.8 cm³/mol. The van der Waals surface area contributed by atoms with Crippen LogP contribution in [0.5, 0.6) is 5.75 Å². The second-order valence-electron chi connectivity index (χ2n) is 6.60. The Kier molecular flexibility index (Phi) is 6.33. The second-order valence-corrected chi connectivity index (χ2v) is 6.60. The van der Waals surface area contributed by atoms with E-state index in [4.69, 9.17) is 4.74 Å². The molecule has 1 atom stereocenters. The van der Waals surface area contributed by atoms with Crippen molar-refractivity contribution in [3.05, 3.63) is 60.2 Å². The van der Waals surface area contributed by atoms with Gasteiger partial charge in [0, 0.05) is 5.69 Å². The second kappa shape index (κ2) is 8.33. The Morgan fingerprint density at radius 2 is 1.54 bits per heavy atom. The summed E-state index contributed by atoms with van der Waals surface area (Å²) in [4.78, 5) is 24.7. The highest BCUT2D eigenvalue weighted by Crippen LogP contribution is 2.26. The molecule has 8 heteroatoms. The highest BCUT2D eigenvalue weighted by atomic mass is 19.4. The van der Waals surface area contributed by atoms with E-state index < -0.39 is 35.5 Å². The van der Waals surface area contributed by atoms with E-state index in [2.05, 4.69) is 10.1 Å². The number of ether oxygens (including phenoxy) is 2. The van der Waals surface area contributed by atoms with Crippen LogP contribution < -0.4 is 10.1 Å². The quantitative estimate of drug-likeness (QED) is 0.735. The van der Waals surface area contributed by atoms with E-state index in [1.165, 1.54) is 19.1 Å². The largest absolute Gasteiger partial charge is 0.573 e. The minimum atomic E-state index is -4.79. The summed E-state index contributed by atoms with van der Waals surface area (Å²) >= 11 is 0. The Morgan fingerprint density at radius 3 is 2.07 bits per heavy atom. The smallest absolute Gasteiger partial charge is 0.452 e. The zero-order valence-corrected chi connectivity index (χ0v) is 15.5. The molecule has 150 valence electrons. The summed E-state index contributed by atoms with van der Waals surface area (Å²) in [7, 11) is 0. The molecule has 1 amide bonds. The molecule has 2 aromatic carbocycles. The number of rotatable bonds is 6. The van der Waals surface area contributed by atoms with Crippen LogP contribution in [-0.2, 0) is 19.7 Å². The molecule has 0 aliphatic rings. The molecule has 0 aliphatic heterocycles. The molecule has 0 saturated carbocycles. The Hall–Kier alpha value is -3.03. The molecule has 0 aromatic heterocycles. The van der Waals surface area contributed by atoms with Gasteiger partial charge in [-0.1, -0.05) is 30.3 Å². The lowest BCUT2D eigenvalue weighted by molar-refractivity contribution is -0.274. The molecule has 0 spiro atoms. The first-order valence-electron chi connectivity index (χ1n) is 8.42. The van der Waals surface area contributed by atoms with Gasteiger partial charge in [0.05, 0.1) is 5.41 Å². The summed E-state index contributed by atoms with van der Waals surface area (Å²) in [6, 6.07) is 13.6. The van der Waals surface area contributed by atoms with Crippen LogP contribution in [-0.4, -0.2) is 24.3 Å². The van der Waals surface area contributed by atoms with Crippen LogP contribution in [0.3, 0.4) is 0 Å². The van der Waals surface area contributed by atoms with Crippen molar-refractivity contribution in [1.82, 2.24) is 0 Å². The minimum Gasteiger partial charge on any atom is -0.452 e. The molecule has 0 fully saturated rings. The van der Waals surface area contributed by atoms with E-state index in [-0.39, 0.29) is 5.69 Å². The minimum absolute atomic E-state index is 0.241. The fourth-order valence-electron chi connectivity index (χ4n) is 2.32. The van der Waals surface area contributed by atoms with Crippen molar-refractivity contribution in [1.29, 1.82) is 0 Å². The average Bonchev–Trinajstić information content (AvgIpc) is 2.62. The molecule has 0 aliphatic carbocycles. The van der Waals surface area contributed by atoms with Gasteiger partial charge in [-0.15, -0.1) is 13.2 Å². The number of anilines is 1. The van der Waals surface area contributed by atoms with Gasteiger partial charge in [0.2, 0.25) is 0 Å². The number of hydrogen-bond donors (Lipinski definition) is 1. The van der Waals surface area contributed by atoms with E-state index in [0.717, 1.165) is 17.7 Å². The molecule has 2 rings (SSSR count). The van der Waals surface area contributed by atoms with Crippen molar-refractivity contribution in [3.8, 4) is 5.75 Å². The maximum Gasteiger partial charge on any atom is 0.573 e. The fourth-order valence-corrected chi connectivity index (χ4v) is 2.32. The summed E-state index contributed by atoms with van der Waals surface area (Å²) in [6.07, 6.45) is -5.89. The summed E-state index contributed by atoms with van der Waals surface area (Å²) in [6.45, 7) is 4.79. The van der Waals surface area contributed by atoms with Gasteiger partial charge in [-0.2, -0.15) is 0 Å². The Labute approximate surface area is 160 Å². The van der Waals surface area contributed by atoms with E-state index in [1.807, 2.05) is 6.07 Å². The number of amides is 1. The maximum absolute atomic E-state index is 12.5. The number of carbonyl (C=O) groups excluding carboxylic acids is 2. The first-order chi connectivity index (χ1) is 13.0. The van der Waals surface area contributed by atoms with Crippen LogP contribution in [0, 0.1) is 0 Å². The third-order valence-electron chi connectivity index (χ3n) is 4.01. The molecule has 0 radical (unpaired) electrons. The van der Waals surface area contributed by atoms with Gasteiger partial charge in [-0.05, 0) is 50.6 Å². The zero-order valence-electron chi connectivity index (χ0n) is 15.5. The highest BCUT2D eigenvalue weighted by Gasteiger charge is 2.34. The topological polar surface area (TPSA) is 64.6 Å². The lowest BCUT2D eigenvalue weighted by Crippen LogP contribution is -2.37. The van der Waals surface area contributed by atoms with E-state index in [0.29, 0.717) is 0 Å². The Morgan fingerprint density at radius 1 is 0.964 bits per heavy atom. The van der Waals surface area contributed by atoms with Crippen LogP contribution in [0.15, 0.2) is 54.6 Å². The normalized spacial score (nSPS) is 12.8. The standard InChI is InChI=1S/C20H20F3NO4/c1-13(27-18(26)19(2,3)14-7-5-4-6-8-14)17(25)24-15-9-11-16(12-10-15)28-20(21,22)23/h4-13H,1-3H3,(H,24,25)/t13-/m1/s1. The fraction of sp³-hybridized carbons (Fsp3) is 0.300. The third-order valence-corrected chi connectivity index (χ3v) is 4.01. The Bertz CT molecular complexity index is 818. The predicted octanol–water partition coefficient (Wildman–Crippen LogP) is 4.43. The van der Waals surface area contributed by atoms with Gasteiger partial charge in [-0.3, -0.25) is 9.59 Å². The molecule has 28 heavy (non-hydrogen) atoms. The van der Waals surface area contributed by atoms with E-state index in [9.17, 15) is 22.8 Å². The summed E-state index contributed by atoms with van der Waals surface area (Å²) < 4.78 is 45.5. The Balaban J connectivity index is 1.96. The molecular weight excluding hydrogens is 375 g/mol. The monoisotopic (exact) mass is 395 g/mol. The van der Waals surface area contributed by atoms with Crippen molar-refractivity contribution < 1.29 is 32.2 Å². The highest BCUT2D eigenvalue weighted by molar-refractivity contribution is 5.95.